The summed E-state index contributed by atoms with van der Waals surface area (Å²) in [5.41, 5.74) is 10.8. The largest absolute Gasteiger partial charge is 0.0827 e. The van der Waals surface area contributed by atoms with Crippen molar-refractivity contribution in [2.75, 3.05) is 0 Å². The van der Waals surface area contributed by atoms with E-state index in [9.17, 15) is 0 Å². The highest BCUT2D eigenvalue weighted by atomic mass is 14.5. The number of rotatable bonds is 8. The minimum atomic E-state index is 0.166. The molecule has 0 aliphatic heterocycles. The molecule has 0 saturated carbocycles. The van der Waals surface area contributed by atoms with Crippen LogP contribution in [0.15, 0.2) is 48.5 Å². The second-order valence-electron chi connectivity index (χ2n) is 9.94. The first kappa shape index (κ1) is 20.6. The molecule has 5 rings (SSSR count). The average molecular weight is 409 g/mol. The summed E-state index contributed by atoms with van der Waals surface area (Å²) in [7, 11) is 0. The molecule has 31 heavy (non-hydrogen) atoms. The fourth-order valence-corrected chi connectivity index (χ4v) is 6.36. The second kappa shape index (κ2) is 8.30. The number of hydrogen-bond acceptors (Lipinski definition) is 0. The molecule has 2 aliphatic rings. The molecule has 0 N–H and O–H groups in total. The van der Waals surface area contributed by atoms with Crippen LogP contribution >= 0.6 is 0 Å². The fraction of sp³-hybridized carbons (Fsp3) is 0.419. The van der Waals surface area contributed by atoms with Crippen LogP contribution in [-0.2, 0) is 5.41 Å². The number of fused-ring (bicyclic) bond motifs is 5. The van der Waals surface area contributed by atoms with Crippen molar-refractivity contribution in [2.24, 2.45) is 0 Å². The van der Waals surface area contributed by atoms with Gasteiger partial charge in [-0.25, -0.2) is 0 Å². The fourth-order valence-electron chi connectivity index (χ4n) is 6.36. The van der Waals surface area contributed by atoms with Gasteiger partial charge in [0.25, 0.3) is 0 Å². The molecule has 0 saturated heterocycles. The van der Waals surface area contributed by atoms with Gasteiger partial charge in [0, 0.05) is 5.41 Å². The molecule has 3 aromatic rings. The van der Waals surface area contributed by atoms with E-state index >= 15 is 0 Å². The van der Waals surface area contributed by atoms with Crippen molar-refractivity contribution < 1.29 is 0 Å². The van der Waals surface area contributed by atoms with Crippen molar-refractivity contribution in [2.45, 2.75) is 84.0 Å². The Hall–Kier alpha value is -2.34. The van der Waals surface area contributed by atoms with Crippen LogP contribution in [0, 0.1) is 13.8 Å². The van der Waals surface area contributed by atoms with Crippen LogP contribution < -0.4 is 0 Å². The molecular weight excluding hydrogens is 372 g/mol. The Morgan fingerprint density at radius 1 is 0.806 bits per heavy atom. The van der Waals surface area contributed by atoms with Crippen molar-refractivity contribution in [3.05, 3.63) is 76.4 Å². The molecule has 0 nitrogen and oxygen atoms in total. The zero-order valence-electron chi connectivity index (χ0n) is 19.6. The first-order valence-corrected chi connectivity index (χ1v) is 12.5. The summed E-state index contributed by atoms with van der Waals surface area (Å²) < 4.78 is 0. The summed E-state index contributed by atoms with van der Waals surface area (Å²) in [6, 6.07) is 16.3. The standard InChI is InChI=1S/C31H36/c1-4-5-6-7-8-9-12-19-31-20-13-16-25-22(2)17-18-27(30(25)31)29-26-15-11-10-14-24(26)23(3)21-28(29)31/h10-11,13-18,21H,4-9,12,19-20H2,1-3H3. The van der Waals surface area contributed by atoms with Gasteiger partial charge in [0.05, 0.1) is 0 Å². The van der Waals surface area contributed by atoms with Crippen LogP contribution in [-0.4, -0.2) is 0 Å². The molecule has 0 radical (unpaired) electrons. The number of benzene rings is 3. The molecule has 2 aliphatic carbocycles. The van der Waals surface area contributed by atoms with Gasteiger partial charge in [-0.2, -0.15) is 0 Å². The van der Waals surface area contributed by atoms with Gasteiger partial charge in [-0.1, -0.05) is 106 Å². The summed E-state index contributed by atoms with van der Waals surface area (Å²) in [5.74, 6) is 0. The molecule has 0 heteroatoms. The Balaban J connectivity index is 1.59. The van der Waals surface area contributed by atoms with Gasteiger partial charge >= 0.3 is 0 Å². The van der Waals surface area contributed by atoms with Gasteiger partial charge in [0.1, 0.15) is 0 Å². The van der Waals surface area contributed by atoms with Crippen molar-refractivity contribution in [1.82, 2.24) is 0 Å². The van der Waals surface area contributed by atoms with E-state index in [1.807, 2.05) is 0 Å². The maximum absolute atomic E-state index is 2.54. The molecule has 3 aromatic carbocycles. The molecule has 160 valence electrons. The zero-order chi connectivity index (χ0) is 21.4. The van der Waals surface area contributed by atoms with Gasteiger partial charge in [-0.05, 0) is 76.4 Å². The van der Waals surface area contributed by atoms with E-state index in [0.29, 0.717) is 0 Å². The van der Waals surface area contributed by atoms with E-state index in [-0.39, 0.29) is 5.41 Å². The van der Waals surface area contributed by atoms with E-state index in [2.05, 4.69) is 75.4 Å². The second-order valence-corrected chi connectivity index (χ2v) is 9.94. The molecule has 0 spiro atoms. The van der Waals surface area contributed by atoms with Crippen molar-refractivity contribution in [3.63, 3.8) is 0 Å². The summed E-state index contributed by atoms with van der Waals surface area (Å²) in [6.07, 6.45) is 16.9. The molecular formula is C31H36. The maximum Gasteiger partial charge on any atom is 0.0256 e. The lowest BCUT2D eigenvalue weighted by molar-refractivity contribution is 0.446. The van der Waals surface area contributed by atoms with E-state index in [0.717, 1.165) is 6.42 Å². The molecule has 0 aromatic heterocycles. The lowest BCUT2D eigenvalue weighted by Crippen LogP contribution is -2.27. The zero-order valence-corrected chi connectivity index (χ0v) is 19.6. The molecule has 0 amide bonds. The third kappa shape index (κ3) is 3.27. The van der Waals surface area contributed by atoms with Gasteiger partial charge in [0.15, 0.2) is 0 Å². The molecule has 1 unspecified atom stereocenters. The van der Waals surface area contributed by atoms with Crippen molar-refractivity contribution >= 4 is 16.8 Å². The number of aryl methyl sites for hydroxylation is 2. The molecule has 0 heterocycles. The van der Waals surface area contributed by atoms with Crippen molar-refractivity contribution in [1.29, 1.82) is 0 Å². The Labute approximate surface area is 188 Å². The Kier molecular flexibility index (Phi) is 5.51. The number of allylic oxidation sites excluding steroid dienone is 1. The van der Waals surface area contributed by atoms with Crippen LogP contribution in [0.4, 0.5) is 0 Å². The van der Waals surface area contributed by atoms with Gasteiger partial charge in [-0.3, -0.25) is 0 Å². The monoisotopic (exact) mass is 408 g/mol. The van der Waals surface area contributed by atoms with Crippen LogP contribution in [0.2, 0.25) is 0 Å². The van der Waals surface area contributed by atoms with E-state index < -0.39 is 0 Å². The lowest BCUT2D eigenvalue weighted by atomic mass is 9.67. The van der Waals surface area contributed by atoms with Crippen molar-refractivity contribution in [3.8, 4) is 11.1 Å². The average Bonchev–Trinajstić information content (AvgIpc) is 3.07. The molecule has 0 fully saturated rings. The van der Waals surface area contributed by atoms with Crippen LogP contribution in [0.25, 0.3) is 28.0 Å². The number of hydrogen-bond donors (Lipinski definition) is 0. The van der Waals surface area contributed by atoms with Crippen LogP contribution in [0.3, 0.4) is 0 Å². The van der Waals surface area contributed by atoms with E-state index in [1.54, 1.807) is 11.1 Å². The Morgan fingerprint density at radius 3 is 2.35 bits per heavy atom. The van der Waals surface area contributed by atoms with Crippen LogP contribution in [0.1, 0.15) is 92.5 Å². The highest BCUT2D eigenvalue weighted by Gasteiger charge is 2.45. The van der Waals surface area contributed by atoms with Gasteiger partial charge in [-0.15, -0.1) is 0 Å². The minimum absolute atomic E-state index is 0.166. The predicted molar refractivity (Wildman–Crippen MR) is 136 cm³/mol. The lowest BCUT2D eigenvalue weighted by Gasteiger charge is -2.35. The van der Waals surface area contributed by atoms with E-state index in [1.165, 1.54) is 90.0 Å². The highest BCUT2D eigenvalue weighted by molar-refractivity contribution is 6.05. The topological polar surface area (TPSA) is 0 Å². The first-order chi connectivity index (χ1) is 15.2. The Morgan fingerprint density at radius 2 is 1.55 bits per heavy atom. The normalized spacial score (nSPS) is 18.4. The highest BCUT2D eigenvalue weighted by Crippen LogP contribution is 2.59. The number of unbranched alkanes of at least 4 members (excludes halogenated alkanes) is 6. The maximum atomic E-state index is 2.54. The quantitative estimate of drug-likeness (QED) is 0.326. The molecule has 1 atom stereocenters. The van der Waals surface area contributed by atoms with Gasteiger partial charge in [0.2, 0.25) is 0 Å². The SMILES string of the molecule is CCCCCCCCCC12CC=Cc3c(C)ccc(c31)-c1c2cc(C)c2ccccc12. The summed E-state index contributed by atoms with van der Waals surface area (Å²) in [5, 5.41) is 2.85. The minimum Gasteiger partial charge on any atom is -0.0827 e. The Bertz CT molecular complexity index is 1150. The third-order valence-corrected chi connectivity index (χ3v) is 7.94. The third-order valence-electron chi connectivity index (χ3n) is 7.94. The summed E-state index contributed by atoms with van der Waals surface area (Å²) in [6.45, 7) is 6.89. The predicted octanol–water partition coefficient (Wildman–Crippen LogP) is 9.28. The van der Waals surface area contributed by atoms with Crippen LogP contribution in [0.5, 0.6) is 0 Å². The van der Waals surface area contributed by atoms with Gasteiger partial charge < -0.3 is 0 Å². The summed E-state index contributed by atoms with van der Waals surface area (Å²) in [4.78, 5) is 0. The first-order valence-electron chi connectivity index (χ1n) is 12.5. The molecule has 0 bridgehead atoms. The van der Waals surface area contributed by atoms with E-state index in [4.69, 9.17) is 0 Å². The summed E-state index contributed by atoms with van der Waals surface area (Å²) >= 11 is 0. The smallest absolute Gasteiger partial charge is 0.0256 e.